The lowest BCUT2D eigenvalue weighted by molar-refractivity contribution is 0.102. The fourth-order valence-electron chi connectivity index (χ4n) is 1.75. The molecular weight excluding hydrogens is 356 g/mol. The summed E-state index contributed by atoms with van der Waals surface area (Å²) in [6.07, 6.45) is 0.708. The number of hydrazine groups is 1. The van der Waals surface area contributed by atoms with Crippen molar-refractivity contribution in [3.63, 3.8) is 0 Å². The van der Waals surface area contributed by atoms with Crippen LogP contribution in [0.2, 0.25) is 5.02 Å². The Bertz CT molecular complexity index is 656. The number of rotatable bonds is 4. The highest BCUT2D eigenvalue weighted by Crippen LogP contribution is 2.25. The fourth-order valence-corrected chi connectivity index (χ4v) is 2.18. The van der Waals surface area contributed by atoms with Gasteiger partial charge < -0.3 is 10.7 Å². The van der Waals surface area contributed by atoms with Crippen LogP contribution in [0.15, 0.2) is 34.8 Å². The highest BCUT2D eigenvalue weighted by Gasteiger charge is 2.10. The topological polar surface area (TPSA) is 80.0 Å². The second-order valence-corrected chi connectivity index (χ2v) is 5.57. The lowest BCUT2D eigenvalue weighted by Gasteiger charge is -2.09. The molecule has 2 aromatic rings. The molecule has 21 heavy (non-hydrogen) atoms. The summed E-state index contributed by atoms with van der Waals surface area (Å²) in [6, 6.07) is 8.53. The van der Waals surface area contributed by atoms with Crippen LogP contribution in [0.1, 0.15) is 23.0 Å². The molecule has 0 saturated carbocycles. The van der Waals surface area contributed by atoms with Crippen molar-refractivity contribution < 1.29 is 4.79 Å². The number of hydrogen-bond acceptors (Lipinski definition) is 4. The molecule has 0 bridgehead atoms. The van der Waals surface area contributed by atoms with E-state index in [0.29, 0.717) is 28.5 Å². The van der Waals surface area contributed by atoms with Gasteiger partial charge in [-0.15, -0.1) is 0 Å². The van der Waals surface area contributed by atoms with Gasteiger partial charge in [-0.1, -0.05) is 18.5 Å². The number of hydrogen-bond donors (Lipinski definition) is 3. The molecule has 1 aromatic carbocycles. The molecule has 0 radical (unpaired) electrons. The Morgan fingerprint density at radius 2 is 2.14 bits per heavy atom. The molecule has 0 fully saturated rings. The number of nitrogens with one attached hydrogen (secondary N) is 2. The van der Waals surface area contributed by atoms with Crippen LogP contribution in [0.3, 0.4) is 0 Å². The maximum atomic E-state index is 12.3. The standard InChI is InChI=1S/C14H14BrClN4O/c1-2-9-5-8(6-13(18-9)20-17)14(21)19-10-3-4-11(15)12(16)7-10/h3-7H,2,17H2,1H3,(H,18,20)(H,19,21). The van der Waals surface area contributed by atoms with E-state index in [1.54, 1.807) is 30.3 Å². The van der Waals surface area contributed by atoms with Gasteiger partial charge in [0.2, 0.25) is 0 Å². The Labute approximate surface area is 136 Å². The summed E-state index contributed by atoms with van der Waals surface area (Å²) in [6.45, 7) is 1.96. The quantitative estimate of drug-likeness (QED) is 0.568. The van der Waals surface area contributed by atoms with Gasteiger partial charge in [-0.05, 0) is 52.7 Å². The van der Waals surface area contributed by atoms with Gasteiger partial charge in [-0.2, -0.15) is 0 Å². The van der Waals surface area contributed by atoms with Crippen molar-refractivity contribution in [2.75, 3.05) is 10.7 Å². The summed E-state index contributed by atoms with van der Waals surface area (Å²) >= 11 is 9.31. The van der Waals surface area contributed by atoms with Gasteiger partial charge in [-0.3, -0.25) is 4.79 Å². The van der Waals surface area contributed by atoms with Crippen molar-refractivity contribution in [3.05, 3.63) is 51.1 Å². The minimum Gasteiger partial charge on any atom is -0.322 e. The zero-order valence-electron chi connectivity index (χ0n) is 11.3. The SMILES string of the molecule is CCc1cc(C(=O)Nc2ccc(Br)c(Cl)c2)cc(NN)n1. The third-order valence-corrected chi connectivity index (χ3v) is 4.06. The van der Waals surface area contributed by atoms with Gasteiger partial charge >= 0.3 is 0 Å². The number of halogens is 2. The van der Waals surface area contributed by atoms with Crippen LogP contribution in [0, 0.1) is 0 Å². The van der Waals surface area contributed by atoms with E-state index in [1.165, 1.54) is 0 Å². The van der Waals surface area contributed by atoms with Crippen LogP contribution in [-0.4, -0.2) is 10.9 Å². The first kappa shape index (κ1) is 15.8. The molecule has 1 aromatic heterocycles. The maximum Gasteiger partial charge on any atom is 0.255 e. The van der Waals surface area contributed by atoms with E-state index in [-0.39, 0.29) is 5.91 Å². The summed E-state index contributed by atoms with van der Waals surface area (Å²) in [5, 5.41) is 3.32. The first-order valence-corrected chi connectivity index (χ1v) is 7.44. The van der Waals surface area contributed by atoms with Crippen LogP contribution in [0.4, 0.5) is 11.5 Å². The maximum absolute atomic E-state index is 12.3. The molecule has 7 heteroatoms. The second-order valence-electron chi connectivity index (χ2n) is 4.31. The average molecular weight is 370 g/mol. The average Bonchev–Trinajstić information content (AvgIpc) is 2.50. The number of nitrogens with zero attached hydrogens (tertiary/aromatic N) is 1. The largest absolute Gasteiger partial charge is 0.322 e. The molecule has 0 atom stereocenters. The van der Waals surface area contributed by atoms with E-state index in [4.69, 9.17) is 17.4 Å². The number of anilines is 2. The third kappa shape index (κ3) is 3.93. The first-order chi connectivity index (χ1) is 10.0. The Balaban J connectivity index is 2.25. The van der Waals surface area contributed by atoms with E-state index in [0.717, 1.165) is 10.2 Å². The zero-order chi connectivity index (χ0) is 15.4. The van der Waals surface area contributed by atoms with Crippen molar-refractivity contribution in [3.8, 4) is 0 Å². The number of nitrogens with two attached hydrogens (primary N) is 1. The van der Waals surface area contributed by atoms with E-state index in [1.807, 2.05) is 6.92 Å². The van der Waals surface area contributed by atoms with Crippen molar-refractivity contribution in [2.24, 2.45) is 5.84 Å². The second kappa shape index (κ2) is 6.89. The minimum absolute atomic E-state index is 0.248. The summed E-state index contributed by atoms with van der Waals surface area (Å²) in [7, 11) is 0. The highest BCUT2D eigenvalue weighted by molar-refractivity contribution is 9.10. The number of aryl methyl sites for hydroxylation is 1. The normalized spacial score (nSPS) is 10.3. The molecule has 4 N–H and O–H groups in total. The molecule has 0 unspecified atom stereocenters. The molecule has 0 aliphatic rings. The summed E-state index contributed by atoms with van der Waals surface area (Å²) in [5.74, 6) is 5.57. The Morgan fingerprint density at radius 1 is 1.38 bits per heavy atom. The first-order valence-electron chi connectivity index (χ1n) is 6.27. The predicted octanol–water partition coefficient (Wildman–Crippen LogP) is 3.60. The molecule has 1 heterocycles. The molecule has 0 saturated heterocycles. The third-order valence-electron chi connectivity index (χ3n) is 2.83. The van der Waals surface area contributed by atoms with Gasteiger partial charge in [-0.25, -0.2) is 10.8 Å². The van der Waals surface area contributed by atoms with Crippen LogP contribution in [0.5, 0.6) is 0 Å². The number of pyridine rings is 1. The summed E-state index contributed by atoms with van der Waals surface area (Å²) in [5.41, 5.74) is 4.34. The van der Waals surface area contributed by atoms with Crippen LogP contribution < -0.4 is 16.6 Å². The van der Waals surface area contributed by atoms with E-state index in [2.05, 4.69) is 31.7 Å². The molecule has 0 spiro atoms. The molecule has 110 valence electrons. The predicted molar refractivity (Wildman–Crippen MR) is 88.5 cm³/mol. The Kier molecular flexibility index (Phi) is 5.17. The number of amides is 1. The molecular formula is C14H14BrClN4O. The molecule has 1 amide bonds. The van der Waals surface area contributed by atoms with Crippen molar-refractivity contribution in [1.29, 1.82) is 0 Å². The molecule has 5 nitrogen and oxygen atoms in total. The molecule has 0 aliphatic heterocycles. The van der Waals surface area contributed by atoms with Crippen LogP contribution in [-0.2, 0) is 6.42 Å². The Hall–Kier alpha value is -1.63. The van der Waals surface area contributed by atoms with Gasteiger partial charge in [0.05, 0.1) is 5.02 Å². The molecule has 2 rings (SSSR count). The fraction of sp³-hybridized carbons (Fsp3) is 0.143. The van der Waals surface area contributed by atoms with E-state index < -0.39 is 0 Å². The number of carbonyl (C=O) groups is 1. The van der Waals surface area contributed by atoms with Crippen molar-refractivity contribution in [2.45, 2.75) is 13.3 Å². The van der Waals surface area contributed by atoms with Gasteiger partial charge in [0.15, 0.2) is 0 Å². The Morgan fingerprint density at radius 3 is 2.76 bits per heavy atom. The number of nitrogen functional groups attached to an aromatic ring is 1. The lowest BCUT2D eigenvalue weighted by Crippen LogP contribution is -2.15. The number of aromatic nitrogens is 1. The lowest BCUT2D eigenvalue weighted by atomic mass is 10.1. The van der Waals surface area contributed by atoms with Gasteiger partial charge in [0, 0.05) is 21.4 Å². The minimum atomic E-state index is -0.248. The number of carbonyl (C=O) groups excluding carboxylic acids is 1. The van der Waals surface area contributed by atoms with Crippen molar-refractivity contribution in [1.82, 2.24) is 4.98 Å². The van der Waals surface area contributed by atoms with Crippen LogP contribution in [0.25, 0.3) is 0 Å². The van der Waals surface area contributed by atoms with Gasteiger partial charge in [0.1, 0.15) is 5.82 Å². The summed E-state index contributed by atoms with van der Waals surface area (Å²) < 4.78 is 0.772. The van der Waals surface area contributed by atoms with Gasteiger partial charge in [0.25, 0.3) is 5.91 Å². The van der Waals surface area contributed by atoms with Crippen molar-refractivity contribution >= 4 is 44.9 Å². The number of benzene rings is 1. The highest BCUT2D eigenvalue weighted by atomic mass is 79.9. The zero-order valence-corrected chi connectivity index (χ0v) is 13.6. The smallest absolute Gasteiger partial charge is 0.255 e. The molecule has 0 aliphatic carbocycles. The van der Waals surface area contributed by atoms with Crippen LogP contribution >= 0.6 is 27.5 Å². The monoisotopic (exact) mass is 368 g/mol. The summed E-state index contributed by atoms with van der Waals surface area (Å²) in [4.78, 5) is 16.5. The van der Waals surface area contributed by atoms with E-state index >= 15 is 0 Å². The van der Waals surface area contributed by atoms with E-state index in [9.17, 15) is 4.79 Å².